The summed E-state index contributed by atoms with van der Waals surface area (Å²) in [6.07, 6.45) is 2.00. The lowest BCUT2D eigenvalue weighted by atomic mass is 9.75. The van der Waals surface area contributed by atoms with E-state index in [1.165, 1.54) is 16.7 Å². The van der Waals surface area contributed by atoms with Crippen molar-refractivity contribution in [3.8, 4) is 0 Å². The van der Waals surface area contributed by atoms with Gasteiger partial charge in [0.1, 0.15) is 0 Å². The van der Waals surface area contributed by atoms with Gasteiger partial charge in [0.25, 0.3) is 0 Å². The molecule has 2 rings (SSSR count). The van der Waals surface area contributed by atoms with Crippen molar-refractivity contribution in [2.45, 2.75) is 32.1 Å². The van der Waals surface area contributed by atoms with E-state index >= 15 is 0 Å². The van der Waals surface area contributed by atoms with Gasteiger partial charge in [0.2, 0.25) is 0 Å². The number of hydrogen-bond donors (Lipinski definition) is 2. The van der Waals surface area contributed by atoms with Crippen LogP contribution in [0.4, 0.5) is 0 Å². The van der Waals surface area contributed by atoms with Crippen LogP contribution < -0.4 is 5.32 Å². The molecule has 1 aromatic rings. The summed E-state index contributed by atoms with van der Waals surface area (Å²) in [5, 5.41) is 12.7. The smallest absolute Gasteiger partial charge is 0.0440 e. The second kappa shape index (κ2) is 4.56. The third-order valence-corrected chi connectivity index (χ3v) is 3.80. The fourth-order valence-corrected chi connectivity index (χ4v) is 2.84. The maximum atomic E-state index is 9.29. The van der Waals surface area contributed by atoms with E-state index in [-0.39, 0.29) is 12.0 Å². The highest BCUT2D eigenvalue weighted by Gasteiger charge is 2.35. The number of aliphatic hydroxyl groups is 1. The quantitative estimate of drug-likeness (QED) is 0.814. The van der Waals surface area contributed by atoms with E-state index in [0.717, 1.165) is 25.9 Å². The first-order valence-corrected chi connectivity index (χ1v) is 6.07. The third kappa shape index (κ3) is 2.00. The number of aliphatic hydroxyl groups excluding tert-OH is 1. The van der Waals surface area contributed by atoms with Crippen LogP contribution in [-0.2, 0) is 5.41 Å². The molecule has 1 aliphatic rings. The van der Waals surface area contributed by atoms with Gasteiger partial charge in [0.15, 0.2) is 0 Å². The monoisotopic (exact) mass is 219 g/mol. The molecule has 2 N–H and O–H groups in total. The summed E-state index contributed by atoms with van der Waals surface area (Å²) in [6, 6.07) is 6.65. The molecule has 16 heavy (non-hydrogen) atoms. The van der Waals surface area contributed by atoms with Crippen molar-refractivity contribution in [2.24, 2.45) is 0 Å². The minimum absolute atomic E-state index is 0.158. The maximum Gasteiger partial charge on any atom is 0.0440 e. The van der Waals surface area contributed by atoms with E-state index in [1.54, 1.807) is 0 Å². The molecule has 1 aromatic carbocycles. The summed E-state index contributed by atoms with van der Waals surface area (Å²) in [6.45, 7) is 6.64. The van der Waals surface area contributed by atoms with Crippen LogP contribution in [0.15, 0.2) is 18.2 Å². The summed E-state index contributed by atoms with van der Waals surface area (Å²) in [5.41, 5.74) is 4.24. The Morgan fingerprint density at radius 2 is 2.19 bits per heavy atom. The Hall–Kier alpha value is -0.860. The molecule has 0 aliphatic carbocycles. The molecular formula is C14H21NO. The van der Waals surface area contributed by atoms with E-state index in [1.807, 2.05) is 0 Å². The van der Waals surface area contributed by atoms with Gasteiger partial charge in [-0.1, -0.05) is 23.8 Å². The van der Waals surface area contributed by atoms with E-state index in [2.05, 4.69) is 37.4 Å². The lowest BCUT2D eigenvalue weighted by molar-refractivity contribution is 0.243. The highest BCUT2D eigenvalue weighted by Crippen LogP contribution is 2.36. The minimum Gasteiger partial charge on any atom is -0.396 e. The highest BCUT2D eigenvalue weighted by molar-refractivity contribution is 5.38. The topological polar surface area (TPSA) is 32.3 Å². The van der Waals surface area contributed by atoms with Crippen molar-refractivity contribution in [3.05, 3.63) is 34.9 Å². The van der Waals surface area contributed by atoms with Crippen LogP contribution in [0, 0.1) is 13.8 Å². The standard InChI is InChI=1S/C14H21NO/c1-11-3-4-12(2)13(9-11)14(6-8-16)5-7-15-10-14/h3-4,9,15-16H,5-8,10H2,1-2H3. The zero-order valence-corrected chi connectivity index (χ0v) is 10.2. The van der Waals surface area contributed by atoms with Gasteiger partial charge in [-0.25, -0.2) is 0 Å². The summed E-state index contributed by atoms with van der Waals surface area (Å²) in [5.74, 6) is 0. The fraction of sp³-hybridized carbons (Fsp3) is 0.571. The first-order valence-electron chi connectivity index (χ1n) is 6.07. The normalized spacial score (nSPS) is 24.9. The average Bonchev–Trinajstić information content (AvgIpc) is 2.72. The molecule has 0 radical (unpaired) electrons. The lowest BCUT2D eigenvalue weighted by Crippen LogP contribution is -2.31. The van der Waals surface area contributed by atoms with Crippen molar-refractivity contribution in [3.63, 3.8) is 0 Å². The molecule has 0 bridgehead atoms. The fourth-order valence-electron chi connectivity index (χ4n) is 2.84. The van der Waals surface area contributed by atoms with Crippen LogP contribution in [0.3, 0.4) is 0 Å². The molecule has 2 nitrogen and oxygen atoms in total. The molecule has 0 amide bonds. The average molecular weight is 219 g/mol. The molecule has 0 saturated carbocycles. The van der Waals surface area contributed by atoms with Gasteiger partial charge in [-0.2, -0.15) is 0 Å². The first-order chi connectivity index (χ1) is 7.68. The third-order valence-electron chi connectivity index (χ3n) is 3.80. The van der Waals surface area contributed by atoms with Gasteiger partial charge >= 0.3 is 0 Å². The SMILES string of the molecule is Cc1ccc(C)c(C2(CCO)CCNC2)c1. The Morgan fingerprint density at radius 1 is 1.38 bits per heavy atom. The molecule has 1 aliphatic heterocycles. The summed E-state index contributed by atoms with van der Waals surface area (Å²) < 4.78 is 0. The molecular weight excluding hydrogens is 198 g/mol. The number of rotatable bonds is 3. The van der Waals surface area contributed by atoms with Gasteiger partial charge in [0.05, 0.1) is 0 Å². The summed E-state index contributed by atoms with van der Waals surface area (Å²) >= 11 is 0. The van der Waals surface area contributed by atoms with Gasteiger partial charge in [0, 0.05) is 18.6 Å². The molecule has 1 unspecified atom stereocenters. The Morgan fingerprint density at radius 3 is 2.81 bits per heavy atom. The van der Waals surface area contributed by atoms with Gasteiger partial charge < -0.3 is 10.4 Å². The van der Waals surface area contributed by atoms with Crippen molar-refractivity contribution in [1.29, 1.82) is 0 Å². The molecule has 1 fully saturated rings. The predicted molar refractivity (Wildman–Crippen MR) is 66.8 cm³/mol. The van der Waals surface area contributed by atoms with Crippen molar-refractivity contribution in [2.75, 3.05) is 19.7 Å². The molecule has 88 valence electrons. The maximum absolute atomic E-state index is 9.29. The Balaban J connectivity index is 2.42. The molecule has 2 heteroatoms. The van der Waals surface area contributed by atoms with E-state index in [0.29, 0.717) is 0 Å². The van der Waals surface area contributed by atoms with E-state index in [9.17, 15) is 5.11 Å². The van der Waals surface area contributed by atoms with Crippen molar-refractivity contribution < 1.29 is 5.11 Å². The molecule has 1 saturated heterocycles. The van der Waals surface area contributed by atoms with Gasteiger partial charge in [-0.3, -0.25) is 0 Å². The van der Waals surface area contributed by atoms with Crippen molar-refractivity contribution >= 4 is 0 Å². The summed E-state index contributed by atoms with van der Waals surface area (Å²) in [7, 11) is 0. The van der Waals surface area contributed by atoms with Crippen molar-refractivity contribution in [1.82, 2.24) is 5.32 Å². The Kier molecular flexibility index (Phi) is 3.31. The second-order valence-electron chi connectivity index (χ2n) is 5.00. The summed E-state index contributed by atoms with van der Waals surface area (Å²) in [4.78, 5) is 0. The van der Waals surface area contributed by atoms with Crippen LogP contribution in [-0.4, -0.2) is 24.8 Å². The molecule has 1 atom stereocenters. The lowest BCUT2D eigenvalue weighted by Gasteiger charge is -2.30. The van der Waals surface area contributed by atoms with Gasteiger partial charge in [-0.15, -0.1) is 0 Å². The largest absolute Gasteiger partial charge is 0.396 e. The number of nitrogens with one attached hydrogen (secondary N) is 1. The second-order valence-corrected chi connectivity index (χ2v) is 5.00. The number of benzene rings is 1. The zero-order valence-electron chi connectivity index (χ0n) is 10.2. The highest BCUT2D eigenvalue weighted by atomic mass is 16.3. The molecule has 0 aromatic heterocycles. The first kappa shape index (κ1) is 11.6. The molecule has 0 spiro atoms. The van der Waals surface area contributed by atoms with Crippen LogP contribution in [0.25, 0.3) is 0 Å². The van der Waals surface area contributed by atoms with Crippen LogP contribution >= 0.6 is 0 Å². The van der Waals surface area contributed by atoms with Crippen LogP contribution in [0.1, 0.15) is 29.5 Å². The van der Waals surface area contributed by atoms with E-state index in [4.69, 9.17) is 0 Å². The number of aryl methyl sites for hydroxylation is 2. The van der Waals surface area contributed by atoms with Crippen LogP contribution in [0.5, 0.6) is 0 Å². The van der Waals surface area contributed by atoms with Gasteiger partial charge in [-0.05, 0) is 44.4 Å². The van der Waals surface area contributed by atoms with E-state index < -0.39 is 0 Å². The molecule has 1 heterocycles. The zero-order chi connectivity index (χ0) is 11.6. The minimum atomic E-state index is 0.158. The predicted octanol–water partition coefficient (Wildman–Crippen LogP) is 1.92. The Bertz CT molecular complexity index is 367. The number of hydrogen-bond acceptors (Lipinski definition) is 2. The Labute approximate surface area is 97.7 Å². The van der Waals surface area contributed by atoms with Crippen LogP contribution in [0.2, 0.25) is 0 Å².